The number of nitriles is 1. The minimum absolute atomic E-state index is 0.414. The third-order valence-corrected chi connectivity index (χ3v) is 2.81. The summed E-state index contributed by atoms with van der Waals surface area (Å²) in [6.45, 7) is 0. The molecule has 17 heavy (non-hydrogen) atoms. The molecule has 0 bridgehead atoms. The molecule has 2 rings (SSSR count). The molecule has 0 aliphatic rings. The molecule has 0 saturated carbocycles. The SMILES string of the molecule is N#Cc1cc(Cl)ccc1Oc1cccc(Br)c1. The van der Waals surface area contributed by atoms with Crippen LogP contribution in [0.1, 0.15) is 5.56 Å². The van der Waals surface area contributed by atoms with Gasteiger partial charge in [-0.1, -0.05) is 33.6 Å². The van der Waals surface area contributed by atoms with E-state index < -0.39 is 0 Å². The summed E-state index contributed by atoms with van der Waals surface area (Å²) in [5, 5.41) is 9.49. The lowest BCUT2D eigenvalue weighted by Crippen LogP contribution is -1.88. The highest BCUT2D eigenvalue weighted by molar-refractivity contribution is 9.10. The zero-order valence-corrected chi connectivity index (χ0v) is 11.0. The van der Waals surface area contributed by atoms with E-state index in [0.717, 1.165) is 4.47 Å². The van der Waals surface area contributed by atoms with Crippen LogP contribution < -0.4 is 4.74 Å². The number of halogens is 2. The summed E-state index contributed by atoms with van der Waals surface area (Å²) in [5.41, 5.74) is 0.414. The first-order chi connectivity index (χ1) is 8.19. The third-order valence-electron chi connectivity index (χ3n) is 2.09. The summed E-state index contributed by atoms with van der Waals surface area (Å²) in [5.74, 6) is 1.16. The first kappa shape index (κ1) is 12.0. The van der Waals surface area contributed by atoms with Gasteiger partial charge in [-0.15, -0.1) is 0 Å². The Morgan fingerprint density at radius 2 is 2.00 bits per heavy atom. The minimum atomic E-state index is 0.414. The summed E-state index contributed by atoms with van der Waals surface area (Å²) in [6, 6.07) is 14.4. The van der Waals surface area contributed by atoms with Crippen molar-refractivity contribution in [2.75, 3.05) is 0 Å². The fraction of sp³-hybridized carbons (Fsp3) is 0. The van der Waals surface area contributed by atoms with Gasteiger partial charge in [0.1, 0.15) is 17.6 Å². The van der Waals surface area contributed by atoms with E-state index >= 15 is 0 Å². The van der Waals surface area contributed by atoms with Crippen LogP contribution in [0.3, 0.4) is 0 Å². The van der Waals surface area contributed by atoms with E-state index in [9.17, 15) is 0 Å². The predicted octanol–water partition coefficient (Wildman–Crippen LogP) is 4.77. The molecule has 2 nitrogen and oxygen atoms in total. The Morgan fingerprint density at radius 3 is 2.71 bits per heavy atom. The van der Waals surface area contributed by atoms with Crippen molar-refractivity contribution in [3.63, 3.8) is 0 Å². The summed E-state index contributed by atoms with van der Waals surface area (Å²) in [7, 11) is 0. The van der Waals surface area contributed by atoms with Crippen LogP contribution in [-0.4, -0.2) is 0 Å². The number of hydrogen-bond donors (Lipinski definition) is 0. The van der Waals surface area contributed by atoms with Crippen LogP contribution in [0.4, 0.5) is 0 Å². The van der Waals surface area contributed by atoms with E-state index in [1.807, 2.05) is 24.3 Å². The molecule has 0 spiro atoms. The van der Waals surface area contributed by atoms with Crippen molar-refractivity contribution in [1.82, 2.24) is 0 Å². The molecule has 0 atom stereocenters. The summed E-state index contributed by atoms with van der Waals surface area (Å²) >= 11 is 9.17. The Kier molecular flexibility index (Phi) is 3.68. The highest BCUT2D eigenvalue weighted by Gasteiger charge is 2.05. The van der Waals surface area contributed by atoms with E-state index in [0.29, 0.717) is 22.1 Å². The van der Waals surface area contributed by atoms with Gasteiger partial charge in [-0.05, 0) is 36.4 Å². The van der Waals surface area contributed by atoms with Crippen molar-refractivity contribution in [3.8, 4) is 17.6 Å². The molecule has 0 aromatic heterocycles. The lowest BCUT2D eigenvalue weighted by Gasteiger charge is -2.07. The van der Waals surface area contributed by atoms with Gasteiger partial charge in [0, 0.05) is 9.50 Å². The van der Waals surface area contributed by atoms with E-state index in [1.54, 1.807) is 18.2 Å². The Hall–Kier alpha value is -1.50. The number of ether oxygens (including phenoxy) is 1. The number of benzene rings is 2. The normalized spacial score (nSPS) is 9.71. The average molecular weight is 309 g/mol. The van der Waals surface area contributed by atoms with E-state index in [-0.39, 0.29) is 0 Å². The Labute approximate surface area is 113 Å². The fourth-order valence-electron chi connectivity index (χ4n) is 1.34. The van der Waals surface area contributed by atoms with E-state index in [1.165, 1.54) is 0 Å². The van der Waals surface area contributed by atoms with Gasteiger partial charge in [0.15, 0.2) is 0 Å². The van der Waals surface area contributed by atoms with Gasteiger partial charge in [-0.2, -0.15) is 5.26 Å². The maximum absolute atomic E-state index is 8.98. The van der Waals surface area contributed by atoms with Gasteiger partial charge in [0.05, 0.1) is 5.56 Å². The molecule has 0 aliphatic carbocycles. The van der Waals surface area contributed by atoms with Gasteiger partial charge >= 0.3 is 0 Å². The zero-order valence-electron chi connectivity index (χ0n) is 8.65. The van der Waals surface area contributed by atoms with Crippen LogP contribution in [0.2, 0.25) is 5.02 Å². The van der Waals surface area contributed by atoms with Crippen molar-refractivity contribution >= 4 is 27.5 Å². The summed E-state index contributed by atoms with van der Waals surface area (Å²) in [6.07, 6.45) is 0. The average Bonchev–Trinajstić information content (AvgIpc) is 2.31. The van der Waals surface area contributed by atoms with Crippen molar-refractivity contribution in [2.45, 2.75) is 0 Å². The van der Waals surface area contributed by atoms with Crippen LogP contribution in [0.25, 0.3) is 0 Å². The van der Waals surface area contributed by atoms with Crippen LogP contribution in [0.15, 0.2) is 46.9 Å². The van der Waals surface area contributed by atoms with Crippen molar-refractivity contribution in [1.29, 1.82) is 5.26 Å². The Balaban J connectivity index is 2.34. The monoisotopic (exact) mass is 307 g/mol. The second kappa shape index (κ2) is 5.22. The van der Waals surface area contributed by atoms with Gasteiger partial charge < -0.3 is 4.74 Å². The first-order valence-electron chi connectivity index (χ1n) is 4.82. The fourth-order valence-corrected chi connectivity index (χ4v) is 1.89. The Morgan fingerprint density at radius 1 is 1.18 bits per heavy atom. The molecule has 0 fully saturated rings. The minimum Gasteiger partial charge on any atom is -0.456 e. The van der Waals surface area contributed by atoms with Crippen LogP contribution in [0, 0.1) is 11.3 Å². The standard InChI is InChI=1S/C13H7BrClNO/c14-10-2-1-3-12(7-10)17-13-5-4-11(15)6-9(13)8-16/h1-7H. The van der Waals surface area contributed by atoms with Gasteiger partial charge in [-0.3, -0.25) is 0 Å². The molecule has 2 aromatic rings. The van der Waals surface area contributed by atoms with Gasteiger partial charge in [0.25, 0.3) is 0 Å². The molecule has 0 unspecified atom stereocenters. The lowest BCUT2D eigenvalue weighted by molar-refractivity contribution is 0.481. The number of nitrogens with zero attached hydrogens (tertiary/aromatic N) is 1. The van der Waals surface area contributed by atoms with Gasteiger partial charge in [0.2, 0.25) is 0 Å². The zero-order chi connectivity index (χ0) is 12.3. The van der Waals surface area contributed by atoms with Crippen LogP contribution in [0.5, 0.6) is 11.5 Å². The molecule has 0 heterocycles. The second-order valence-electron chi connectivity index (χ2n) is 3.31. The third kappa shape index (κ3) is 3.00. The smallest absolute Gasteiger partial charge is 0.145 e. The Bertz CT molecular complexity index is 592. The molecule has 0 aliphatic heterocycles. The van der Waals surface area contributed by atoms with Gasteiger partial charge in [-0.25, -0.2) is 0 Å². The lowest BCUT2D eigenvalue weighted by atomic mass is 10.2. The quantitative estimate of drug-likeness (QED) is 0.801. The largest absolute Gasteiger partial charge is 0.456 e. The highest BCUT2D eigenvalue weighted by Crippen LogP contribution is 2.28. The number of rotatable bonds is 2. The van der Waals surface area contributed by atoms with Crippen LogP contribution in [-0.2, 0) is 0 Å². The van der Waals surface area contributed by atoms with Crippen molar-refractivity contribution in [2.24, 2.45) is 0 Å². The molecular weight excluding hydrogens is 302 g/mol. The topological polar surface area (TPSA) is 33.0 Å². The molecule has 4 heteroatoms. The molecule has 84 valence electrons. The van der Waals surface area contributed by atoms with E-state index in [2.05, 4.69) is 22.0 Å². The maximum Gasteiger partial charge on any atom is 0.145 e. The maximum atomic E-state index is 8.98. The summed E-state index contributed by atoms with van der Waals surface area (Å²) in [4.78, 5) is 0. The first-order valence-corrected chi connectivity index (χ1v) is 5.99. The van der Waals surface area contributed by atoms with Crippen LogP contribution >= 0.6 is 27.5 Å². The van der Waals surface area contributed by atoms with E-state index in [4.69, 9.17) is 21.6 Å². The highest BCUT2D eigenvalue weighted by atomic mass is 79.9. The predicted molar refractivity (Wildman–Crippen MR) is 70.4 cm³/mol. The summed E-state index contributed by atoms with van der Waals surface area (Å²) < 4.78 is 6.54. The van der Waals surface area contributed by atoms with Crippen molar-refractivity contribution in [3.05, 3.63) is 57.5 Å². The molecule has 0 amide bonds. The molecule has 0 radical (unpaired) electrons. The second-order valence-corrected chi connectivity index (χ2v) is 4.66. The molecule has 0 saturated heterocycles. The molecule has 0 N–H and O–H groups in total. The molecular formula is C13H7BrClNO. The number of hydrogen-bond acceptors (Lipinski definition) is 2. The molecule has 2 aromatic carbocycles. The van der Waals surface area contributed by atoms with Crippen molar-refractivity contribution < 1.29 is 4.74 Å².